The van der Waals surface area contributed by atoms with Crippen LogP contribution in [0.2, 0.25) is 0 Å². The Morgan fingerprint density at radius 2 is 2.03 bits per heavy atom. The summed E-state index contributed by atoms with van der Waals surface area (Å²) in [5.41, 5.74) is -1.26. The average Bonchev–Trinajstić information content (AvgIpc) is 3.31. The third-order valence-corrected chi connectivity index (χ3v) is 11.3. The number of halogens is 1. The number of hydrogen-bond donors (Lipinski definition) is 3. The summed E-state index contributed by atoms with van der Waals surface area (Å²) < 4.78 is 0.961. The van der Waals surface area contributed by atoms with E-state index in [1.54, 1.807) is 12.2 Å². The summed E-state index contributed by atoms with van der Waals surface area (Å²) in [6.45, 7) is 5.94. The molecular formula is C28H31ClN2O4S. The number of hydrogen-bond acceptors (Lipinski definition) is 6. The molecule has 6 nitrogen and oxygen atoms in total. The molecule has 1 aromatic heterocycles. The highest BCUT2D eigenvalue weighted by Crippen LogP contribution is 2.68. The van der Waals surface area contributed by atoms with Crippen LogP contribution in [-0.2, 0) is 9.59 Å². The Morgan fingerprint density at radius 3 is 2.78 bits per heavy atom. The van der Waals surface area contributed by atoms with E-state index in [-0.39, 0.29) is 41.3 Å². The molecule has 36 heavy (non-hydrogen) atoms. The first-order valence-corrected chi connectivity index (χ1v) is 13.9. The number of aliphatic hydroxyl groups is 2. The molecule has 0 radical (unpaired) electrons. The van der Waals surface area contributed by atoms with Gasteiger partial charge in [0.1, 0.15) is 0 Å². The van der Waals surface area contributed by atoms with Crippen molar-refractivity contribution in [3.8, 4) is 0 Å². The second kappa shape index (κ2) is 7.97. The maximum atomic E-state index is 13.8. The number of nitrogens with zero attached hydrogens (tertiary/aromatic N) is 1. The molecular weight excluding hydrogens is 496 g/mol. The van der Waals surface area contributed by atoms with Crippen LogP contribution in [0.15, 0.2) is 48.1 Å². The highest BCUT2D eigenvalue weighted by molar-refractivity contribution is 7.22. The van der Waals surface area contributed by atoms with Crippen molar-refractivity contribution in [2.24, 2.45) is 34.5 Å². The van der Waals surface area contributed by atoms with Crippen LogP contribution >= 0.6 is 22.9 Å². The SMILES string of the molecule is C[C@@H]1CC2C3C([C@@H](O)CC2(C)[C@@]1(O)C(=O)Nc1nc2ccccc2s1)C1(C)C=CC(=O)C=C1C[C@H]3Cl. The molecule has 5 unspecified atom stereocenters. The number of nitrogens with one attached hydrogen (secondary N) is 1. The molecule has 3 N–H and O–H groups in total. The molecule has 0 saturated heterocycles. The molecule has 4 aliphatic carbocycles. The Balaban J connectivity index is 1.36. The first kappa shape index (κ1) is 24.3. The second-order valence-corrected chi connectivity index (χ2v) is 13.2. The number of thiazole rings is 1. The Bertz CT molecular complexity index is 1300. The van der Waals surface area contributed by atoms with Gasteiger partial charge in [-0.05, 0) is 61.3 Å². The highest BCUT2D eigenvalue weighted by atomic mass is 35.5. The predicted octanol–water partition coefficient (Wildman–Crippen LogP) is 4.71. The largest absolute Gasteiger partial charge is 0.393 e. The zero-order valence-corrected chi connectivity index (χ0v) is 22.1. The first-order valence-electron chi connectivity index (χ1n) is 12.6. The Hall–Kier alpha value is -2.06. The van der Waals surface area contributed by atoms with E-state index < -0.39 is 28.4 Å². The minimum atomic E-state index is -1.69. The van der Waals surface area contributed by atoms with Gasteiger partial charge in [-0.3, -0.25) is 14.9 Å². The lowest BCUT2D eigenvalue weighted by Gasteiger charge is -2.60. The number of ketones is 1. The molecule has 1 aromatic carbocycles. The number of benzene rings is 1. The quantitative estimate of drug-likeness (QED) is 0.492. The van der Waals surface area contributed by atoms with E-state index in [4.69, 9.17) is 11.6 Å². The van der Waals surface area contributed by atoms with Crippen molar-refractivity contribution in [2.45, 2.75) is 57.1 Å². The fourth-order valence-electron chi connectivity index (χ4n) is 8.18. The third-order valence-electron chi connectivity index (χ3n) is 9.92. The normalized spacial score (nSPS) is 43.5. The number of fused-ring (bicyclic) bond motifs is 6. The van der Waals surface area contributed by atoms with Gasteiger partial charge in [-0.25, -0.2) is 4.98 Å². The molecule has 190 valence electrons. The number of allylic oxidation sites excluding steroid dienone is 4. The van der Waals surface area contributed by atoms with Gasteiger partial charge in [0, 0.05) is 22.1 Å². The van der Waals surface area contributed by atoms with Crippen LogP contribution in [0.3, 0.4) is 0 Å². The van der Waals surface area contributed by atoms with Crippen LogP contribution in [0.4, 0.5) is 5.13 Å². The zero-order chi connectivity index (χ0) is 25.6. The molecule has 8 heteroatoms. The van der Waals surface area contributed by atoms with Crippen LogP contribution in [0.25, 0.3) is 10.2 Å². The zero-order valence-electron chi connectivity index (χ0n) is 20.6. The van der Waals surface area contributed by atoms with Crippen molar-refractivity contribution in [1.82, 2.24) is 4.98 Å². The first-order chi connectivity index (χ1) is 17.0. The summed E-state index contributed by atoms with van der Waals surface area (Å²) >= 11 is 8.41. The van der Waals surface area contributed by atoms with Crippen molar-refractivity contribution in [3.05, 3.63) is 48.1 Å². The van der Waals surface area contributed by atoms with Crippen molar-refractivity contribution in [3.63, 3.8) is 0 Å². The number of carbonyl (C=O) groups excluding carboxylic acids is 2. The fourth-order valence-corrected chi connectivity index (χ4v) is 9.54. The minimum absolute atomic E-state index is 0.0460. The predicted molar refractivity (Wildman–Crippen MR) is 141 cm³/mol. The molecule has 0 bridgehead atoms. The summed E-state index contributed by atoms with van der Waals surface area (Å²) in [5, 5.41) is 26.9. The van der Waals surface area contributed by atoms with Gasteiger partial charge in [0.15, 0.2) is 16.5 Å². The van der Waals surface area contributed by atoms with E-state index >= 15 is 0 Å². The van der Waals surface area contributed by atoms with Crippen LogP contribution < -0.4 is 5.32 Å². The van der Waals surface area contributed by atoms with Crippen molar-refractivity contribution in [2.75, 3.05) is 5.32 Å². The fraction of sp³-hybridized carbons (Fsp3) is 0.536. The number of carbonyl (C=O) groups is 2. The molecule has 9 atom stereocenters. The maximum absolute atomic E-state index is 13.8. The van der Waals surface area contributed by atoms with Crippen molar-refractivity contribution < 1.29 is 19.8 Å². The van der Waals surface area contributed by atoms with Gasteiger partial charge in [0.25, 0.3) is 5.91 Å². The number of alkyl halides is 1. The molecule has 6 rings (SSSR count). The second-order valence-electron chi connectivity index (χ2n) is 11.7. The Labute approximate surface area is 219 Å². The monoisotopic (exact) mass is 526 g/mol. The lowest BCUT2D eigenvalue weighted by Crippen LogP contribution is -2.64. The van der Waals surface area contributed by atoms with E-state index in [9.17, 15) is 19.8 Å². The maximum Gasteiger partial charge on any atom is 0.258 e. The molecule has 2 aromatic rings. The Morgan fingerprint density at radius 1 is 1.28 bits per heavy atom. The van der Waals surface area contributed by atoms with Gasteiger partial charge in [0.05, 0.1) is 16.3 Å². The summed E-state index contributed by atoms with van der Waals surface area (Å²) in [6, 6.07) is 7.67. The molecule has 0 aliphatic heterocycles. The summed E-state index contributed by atoms with van der Waals surface area (Å²) in [5.74, 6) is -1.20. The van der Waals surface area contributed by atoms with Gasteiger partial charge in [0.2, 0.25) is 0 Å². The number of amides is 1. The molecule has 1 amide bonds. The van der Waals surface area contributed by atoms with Gasteiger partial charge in [-0.1, -0.05) is 55.9 Å². The van der Waals surface area contributed by atoms with Gasteiger partial charge in [-0.2, -0.15) is 0 Å². The number of aliphatic hydroxyl groups excluding tert-OH is 1. The van der Waals surface area contributed by atoms with E-state index in [0.717, 1.165) is 15.8 Å². The van der Waals surface area contributed by atoms with Crippen molar-refractivity contribution >= 4 is 50.0 Å². The molecule has 1 heterocycles. The van der Waals surface area contributed by atoms with E-state index in [2.05, 4.69) is 17.2 Å². The number of aromatic nitrogens is 1. The lowest BCUT2D eigenvalue weighted by atomic mass is 9.46. The van der Waals surface area contributed by atoms with Gasteiger partial charge >= 0.3 is 0 Å². The van der Waals surface area contributed by atoms with Gasteiger partial charge in [-0.15, -0.1) is 11.6 Å². The molecule has 3 saturated carbocycles. The number of anilines is 1. The van der Waals surface area contributed by atoms with Crippen LogP contribution in [-0.4, -0.2) is 44.0 Å². The topological polar surface area (TPSA) is 99.5 Å². The van der Waals surface area contributed by atoms with Crippen LogP contribution in [0.1, 0.15) is 40.0 Å². The Kier molecular flexibility index (Phi) is 5.38. The summed E-state index contributed by atoms with van der Waals surface area (Å²) in [4.78, 5) is 30.4. The molecule has 0 spiro atoms. The van der Waals surface area contributed by atoms with Crippen molar-refractivity contribution in [1.29, 1.82) is 0 Å². The molecule has 3 fully saturated rings. The number of para-hydroxylation sites is 1. The summed E-state index contributed by atoms with van der Waals surface area (Å²) in [6.07, 6.45) is 5.88. The smallest absolute Gasteiger partial charge is 0.258 e. The lowest BCUT2D eigenvalue weighted by molar-refractivity contribution is -0.179. The van der Waals surface area contributed by atoms with Gasteiger partial charge < -0.3 is 10.2 Å². The average molecular weight is 527 g/mol. The van der Waals surface area contributed by atoms with Crippen LogP contribution in [0.5, 0.6) is 0 Å². The van der Waals surface area contributed by atoms with Crippen LogP contribution in [0, 0.1) is 34.5 Å². The highest BCUT2D eigenvalue weighted by Gasteiger charge is 2.71. The van der Waals surface area contributed by atoms with E-state index in [0.29, 0.717) is 18.0 Å². The molecule has 4 aliphatic rings. The third kappa shape index (κ3) is 3.12. The van der Waals surface area contributed by atoms with E-state index in [1.807, 2.05) is 44.2 Å². The minimum Gasteiger partial charge on any atom is -0.393 e. The van der Waals surface area contributed by atoms with E-state index in [1.165, 1.54) is 11.3 Å². The number of rotatable bonds is 2. The summed E-state index contributed by atoms with van der Waals surface area (Å²) in [7, 11) is 0. The standard InChI is InChI=1S/C28H31ClN2O4S/c1-14-10-17-22-18(29)12-15-11-16(32)8-9-26(15,2)23(22)20(33)13-27(17,3)28(14,35)24(34)31-25-30-19-6-4-5-7-21(19)36-25/h4-9,11,14,17-18,20,22-23,33,35H,10,12-13H2,1-3H3,(H,30,31,34)/t14-,17?,18-,20+,22?,23?,26?,27?,28+/m1/s1.